The number of nitrogens with one attached hydrogen (secondary N) is 1. The summed E-state index contributed by atoms with van der Waals surface area (Å²) in [6, 6.07) is 4.38. The fourth-order valence-corrected chi connectivity index (χ4v) is 4.04. The molecular weight excluding hydrogens is 371 g/mol. The fourth-order valence-electron chi connectivity index (χ4n) is 1.90. The summed E-state index contributed by atoms with van der Waals surface area (Å²) in [5.74, 6) is -2.10. The Morgan fingerprint density at radius 2 is 1.92 bits per heavy atom. The molecule has 0 unspecified atom stereocenters. The summed E-state index contributed by atoms with van der Waals surface area (Å²) in [6.07, 6.45) is -0.300. The lowest BCUT2D eigenvalue weighted by Gasteiger charge is -2.04. The SMILES string of the molecule is COC(=O)c1sc(NC(=O)CCS(=O)(=O)c2ccc(F)cc2)nc1C. The van der Waals surface area contributed by atoms with Crippen molar-refractivity contribution in [1.29, 1.82) is 0 Å². The van der Waals surface area contributed by atoms with E-state index in [2.05, 4.69) is 15.0 Å². The number of esters is 1. The molecule has 0 saturated heterocycles. The summed E-state index contributed by atoms with van der Waals surface area (Å²) in [7, 11) is -2.47. The molecule has 10 heteroatoms. The van der Waals surface area contributed by atoms with Gasteiger partial charge in [-0.25, -0.2) is 22.6 Å². The van der Waals surface area contributed by atoms with Gasteiger partial charge in [-0.15, -0.1) is 0 Å². The summed E-state index contributed by atoms with van der Waals surface area (Å²) in [4.78, 5) is 27.7. The van der Waals surface area contributed by atoms with E-state index in [1.165, 1.54) is 7.11 Å². The Labute approximate surface area is 147 Å². The quantitative estimate of drug-likeness (QED) is 0.603. The standard InChI is InChI=1S/C15H15FN2O5S2/c1-9-13(14(20)23-2)24-15(17-9)18-12(19)7-8-25(21,22)11-5-3-10(16)4-6-11/h3-6H,7-8H2,1-2H3,(H,17,18,19). The van der Waals surface area contributed by atoms with Crippen LogP contribution in [-0.4, -0.2) is 38.1 Å². The number of hydrogen-bond acceptors (Lipinski definition) is 7. The van der Waals surface area contributed by atoms with Crippen LogP contribution in [0.4, 0.5) is 9.52 Å². The molecule has 0 bridgehead atoms. The van der Waals surface area contributed by atoms with Crippen molar-refractivity contribution in [3.05, 3.63) is 40.7 Å². The molecule has 0 aliphatic rings. The van der Waals surface area contributed by atoms with Gasteiger partial charge in [0.15, 0.2) is 15.0 Å². The maximum Gasteiger partial charge on any atom is 0.350 e. The van der Waals surface area contributed by atoms with Crippen LogP contribution in [0.2, 0.25) is 0 Å². The number of carbonyl (C=O) groups excluding carboxylic acids is 2. The Morgan fingerprint density at radius 3 is 2.52 bits per heavy atom. The summed E-state index contributed by atoms with van der Waals surface area (Å²) < 4.78 is 41.7. The van der Waals surface area contributed by atoms with Crippen molar-refractivity contribution in [1.82, 2.24) is 4.98 Å². The summed E-state index contributed by atoms with van der Waals surface area (Å²) in [5, 5.41) is 2.63. The van der Waals surface area contributed by atoms with E-state index in [1.54, 1.807) is 6.92 Å². The van der Waals surface area contributed by atoms with E-state index in [4.69, 9.17) is 0 Å². The molecule has 7 nitrogen and oxygen atoms in total. The molecule has 1 aromatic carbocycles. The van der Waals surface area contributed by atoms with Gasteiger partial charge in [0.25, 0.3) is 0 Å². The first kappa shape index (κ1) is 19.0. The number of aromatic nitrogens is 1. The van der Waals surface area contributed by atoms with E-state index in [-0.39, 0.29) is 21.3 Å². The van der Waals surface area contributed by atoms with E-state index in [1.807, 2.05) is 0 Å². The largest absolute Gasteiger partial charge is 0.465 e. The van der Waals surface area contributed by atoms with Gasteiger partial charge in [0.1, 0.15) is 10.7 Å². The number of anilines is 1. The molecule has 1 heterocycles. The highest BCUT2D eigenvalue weighted by molar-refractivity contribution is 7.91. The number of thiazole rings is 1. The maximum atomic E-state index is 12.9. The molecule has 0 fully saturated rings. The minimum Gasteiger partial charge on any atom is -0.465 e. The average Bonchev–Trinajstić information content (AvgIpc) is 2.93. The van der Waals surface area contributed by atoms with E-state index in [9.17, 15) is 22.4 Å². The lowest BCUT2D eigenvalue weighted by molar-refractivity contribution is -0.115. The van der Waals surface area contributed by atoms with Gasteiger partial charge < -0.3 is 10.1 Å². The van der Waals surface area contributed by atoms with Crippen LogP contribution in [0, 0.1) is 12.7 Å². The van der Waals surface area contributed by atoms with Gasteiger partial charge >= 0.3 is 5.97 Å². The molecule has 2 rings (SSSR count). The number of benzene rings is 1. The Kier molecular flexibility index (Phi) is 5.85. The van der Waals surface area contributed by atoms with Crippen LogP contribution in [0.5, 0.6) is 0 Å². The maximum absolute atomic E-state index is 12.9. The van der Waals surface area contributed by atoms with E-state index >= 15 is 0 Å². The zero-order chi connectivity index (χ0) is 18.6. The minimum absolute atomic E-state index is 0.0558. The normalized spacial score (nSPS) is 11.2. The fraction of sp³-hybridized carbons (Fsp3) is 0.267. The Morgan fingerprint density at radius 1 is 1.28 bits per heavy atom. The number of sulfone groups is 1. The minimum atomic E-state index is -3.70. The molecule has 0 aliphatic heterocycles. The number of methoxy groups -OCH3 is 1. The molecule has 1 N–H and O–H groups in total. The smallest absolute Gasteiger partial charge is 0.350 e. The number of ether oxygens (including phenoxy) is 1. The van der Waals surface area contributed by atoms with Gasteiger partial charge in [-0.05, 0) is 31.2 Å². The van der Waals surface area contributed by atoms with Gasteiger partial charge in [-0.1, -0.05) is 11.3 Å². The van der Waals surface area contributed by atoms with Crippen LogP contribution in [-0.2, 0) is 19.4 Å². The second-order valence-electron chi connectivity index (χ2n) is 5.00. The number of carbonyl (C=O) groups is 2. The number of amides is 1. The zero-order valence-electron chi connectivity index (χ0n) is 13.4. The van der Waals surface area contributed by atoms with Crippen LogP contribution < -0.4 is 5.32 Å². The summed E-state index contributed by atoms with van der Waals surface area (Å²) >= 11 is 0.943. The number of hydrogen-bond donors (Lipinski definition) is 1. The van der Waals surface area contributed by atoms with Crippen molar-refractivity contribution in [2.45, 2.75) is 18.2 Å². The molecule has 1 amide bonds. The summed E-state index contributed by atoms with van der Waals surface area (Å²) in [6.45, 7) is 1.59. The second kappa shape index (κ2) is 7.70. The van der Waals surface area contributed by atoms with Gasteiger partial charge in [-0.2, -0.15) is 0 Å². The highest BCUT2D eigenvalue weighted by Gasteiger charge is 2.19. The second-order valence-corrected chi connectivity index (χ2v) is 8.10. The van der Waals surface area contributed by atoms with Crippen molar-refractivity contribution in [3.63, 3.8) is 0 Å². The average molecular weight is 386 g/mol. The van der Waals surface area contributed by atoms with Crippen molar-refractivity contribution < 1.29 is 27.1 Å². The van der Waals surface area contributed by atoms with E-state index in [0.29, 0.717) is 5.69 Å². The van der Waals surface area contributed by atoms with Crippen molar-refractivity contribution in [3.8, 4) is 0 Å². The van der Waals surface area contributed by atoms with E-state index < -0.39 is 33.3 Å². The zero-order valence-corrected chi connectivity index (χ0v) is 15.0. The summed E-state index contributed by atoms with van der Waals surface area (Å²) in [5.41, 5.74) is 0.408. The lowest BCUT2D eigenvalue weighted by Crippen LogP contribution is -2.17. The first-order valence-electron chi connectivity index (χ1n) is 7.07. The third kappa shape index (κ3) is 4.83. The predicted octanol–water partition coefficient (Wildman–Crippen LogP) is 2.18. The van der Waals surface area contributed by atoms with E-state index in [0.717, 1.165) is 35.6 Å². The first-order chi connectivity index (χ1) is 11.7. The third-order valence-electron chi connectivity index (χ3n) is 3.18. The molecule has 0 aliphatic carbocycles. The number of halogens is 1. The predicted molar refractivity (Wildman–Crippen MR) is 89.9 cm³/mol. The van der Waals surface area contributed by atoms with Gasteiger partial charge in [0.05, 0.1) is 23.5 Å². The molecule has 0 radical (unpaired) electrons. The number of nitrogens with zero attached hydrogens (tertiary/aromatic N) is 1. The first-order valence-corrected chi connectivity index (χ1v) is 9.53. The molecule has 1 aromatic heterocycles. The van der Waals surface area contributed by atoms with Crippen LogP contribution >= 0.6 is 11.3 Å². The van der Waals surface area contributed by atoms with Crippen molar-refractivity contribution in [2.24, 2.45) is 0 Å². The van der Waals surface area contributed by atoms with Crippen LogP contribution in [0.25, 0.3) is 0 Å². The molecule has 0 spiro atoms. The van der Waals surface area contributed by atoms with Gasteiger partial charge in [-0.3, -0.25) is 4.79 Å². The van der Waals surface area contributed by atoms with Crippen LogP contribution in [0.1, 0.15) is 21.8 Å². The molecule has 0 saturated carbocycles. The third-order valence-corrected chi connectivity index (χ3v) is 5.97. The van der Waals surface area contributed by atoms with Crippen LogP contribution in [0.3, 0.4) is 0 Å². The monoisotopic (exact) mass is 386 g/mol. The Bertz CT molecular complexity index is 891. The van der Waals surface area contributed by atoms with Crippen LogP contribution in [0.15, 0.2) is 29.2 Å². The topological polar surface area (TPSA) is 102 Å². The van der Waals surface area contributed by atoms with Gasteiger partial charge in [0, 0.05) is 6.42 Å². The molecule has 2 aromatic rings. The Balaban J connectivity index is 1.99. The lowest BCUT2D eigenvalue weighted by atomic mass is 10.4. The molecular formula is C15H15FN2O5S2. The molecule has 25 heavy (non-hydrogen) atoms. The highest BCUT2D eigenvalue weighted by Crippen LogP contribution is 2.23. The molecule has 134 valence electrons. The highest BCUT2D eigenvalue weighted by atomic mass is 32.2. The molecule has 0 atom stereocenters. The number of rotatable bonds is 6. The van der Waals surface area contributed by atoms with Gasteiger partial charge in [0.2, 0.25) is 5.91 Å². The Hall–Kier alpha value is -2.33. The number of aryl methyl sites for hydroxylation is 1. The van der Waals surface area contributed by atoms with Crippen molar-refractivity contribution in [2.75, 3.05) is 18.2 Å². The van der Waals surface area contributed by atoms with Crippen molar-refractivity contribution >= 4 is 38.2 Å².